The van der Waals surface area contributed by atoms with Crippen molar-refractivity contribution in [2.45, 2.75) is 38.3 Å². The molecule has 2 aliphatic carbocycles. The summed E-state index contributed by atoms with van der Waals surface area (Å²) in [5.41, 5.74) is 3.59. The third kappa shape index (κ3) is 1.95. The minimum Gasteiger partial charge on any atom is -0.370 e. The number of nitrogens with zero attached hydrogens (tertiary/aromatic N) is 1. The van der Waals surface area contributed by atoms with Gasteiger partial charge >= 0.3 is 0 Å². The highest BCUT2D eigenvalue weighted by molar-refractivity contribution is 5.51. The third-order valence-corrected chi connectivity index (χ3v) is 4.48. The van der Waals surface area contributed by atoms with Gasteiger partial charge in [0.25, 0.3) is 0 Å². The maximum atomic E-state index is 3.56. The zero-order valence-electron chi connectivity index (χ0n) is 10.3. The molecule has 1 spiro atoms. The van der Waals surface area contributed by atoms with E-state index >= 15 is 0 Å². The number of nitrogens with one attached hydrogen (secondary N) is 1. The van der Waals surface area contributed by atoms with Gasteiger partial charge in [-0.05, 0) is 43.4 Å². The van der Waals surface area contributed by atoms with E-state index in [9.17, 15) is 0 Å². The second-order valence-electron chi connectivity index (χ2n) is 6.18. The summed E-state index contributed by atoms with van der Waals surface area (Å²) < 4.78 is 0. The van der Waals surface area contributed by atoms with Gasteiger partial charge in [0.2, 0.25) is 0 Å². The van der Waals surface area contributed by atoms with Gasteiger partial charge < -0.3 is 10.2 Å². The molecule has 1 N–H and O–H groups in total. The summed E-state index contributed by atoms with van der Waals surface area (Å²) in [6, 6.07) is 9.95. The molecule has 1 aromatic carbocycles. The normalized spacial score (nSPS) is 24.8. The summed E-state index contributed by atoms with van der Waals surface area (Å²) in [5.74, 6) is 0. The first-order valence-electron chi connectivity index (χ1n) is 6.90. The van der Waals surface area contributed by atoms with Crippen LogP contribution in [0.3, 0.4) is 0 Å². The van der Waals surface area contributed by atoms with E-state index in [0.29, 0.717) is 0 Å². The number of rotatable bonds is 4. The summed E-state index contributed by atoms with van der Waals surface area (Å²) in [7, 11) is 0. The molecule has 90 valence electrons. The van der Waals surface area contributed by atoms with Crippen LogP contribution in [0.2, 0.25) is 0 Å². The smallest absolute Gasteiger partial charge is 0.0366 e. The molecule has 0 radical (unpaired) electrons. The van der Waals surface area contributed by atoms with Gasteiger partial charge in [-0.1, -0.05) is 12.1 Å². The Morgan fingerprint density at radius 1 is 1.12 bits per heavy atom. The van der Waals surface area contributed by atoms with Crippen LogP contribution in [0, 0.1) is 5.41 Å². The second-order valence-corrected chi connectivity index (χ2v) is 6.18. The van der Waals surface area contributed by atoms with Crippen molar-refractivity contribution in [1.82, 2.24) is 5.32 Å². The fourth-order valence-electron chi connectivity index (χ4n) is 2.81. The van der Waals surface area contributed by atoms with Crippen molar-refractivity contribution in [1.29, 1.82) is 0 Å². The van der Waals surface area contributed by atoms with Crippen molar-refractivity contribution in [2.24, 2.45) is 5.41 Å². The first-order chi connectivity index (χ1) is 8.33. The fraction of sp³-hybridized carbons (Fsp3) is 0.600. The average Bonchev–Trinajstić information content (AvgIpc) is 3.17. The lowest BCUT2D eigenvalue weighted by molar-refractivity contribution is 0.387. The van der Waals surface area contributed by atoms with E-state index in [2.05, 4.69) is 34.5 Å². The molecule has 17 heavy (non-hydrogen) atoms. The predicted molar refractivity (Wildman–Crippen MR) is 70.2 cm³/mol. The Labute approximate surface area is 103 Å². The quantitative estimate of drug-likeness (QED) is 0.852. The minimum absolute atomic E-state index is 0.756. The van der Waals surface area contributed by atoms with Crippen molar-refractivity contribution >= 4 is 5.69 Å². The largest absolute Gasteiger partial charge is 0.370 e. The Kier molecular flexibility index (Phi) is 2.04. The second kappa shape index (κ2) is 3.49. The van der Waals surface area contributed by atoms with Gasteiger partial charge in [-0.15, -0.1) is 0 Å². The highest BCUT2D eigenvalue weighted by atomic mass is 15.2. The topological polar surface area (TPSA) is 15.3 Å². The van der Waals surface area contributed by atoms with Gasteiger partial charge in [-0.2, -0.15) is 0 Å². The molecular weight excluding hydrogens is 208 g/mol. The highest BCUT2D eigenvalue weighted by Crippen LogP contribution is 2.53. The Bertz CT molecular complexity index is 407. The van der Waals surface area contributed by atoms with E-state index in [4.69, 9.17) is 0 Å². The summed E-state index contributed by atoms with van der Waals surface area (Å²) >= 11 is 0. The van der Waals surface area contributed by atoms with Crippen molar-refractivity contribution in [3.05, 3.63) is 29.8 Å². The summed E-state index contributed by atoms with van der Waals surface area (Å²) in [6.45, 7) is 3.63. The van der Waals surface area contributed by atoms with Gasteiger partial charge in [-0.25, -0.2) is 0 Å². The molecule has 3 fully saturated rings. The lowest BCUT2D eigenvalue weighted by Gasteiger charge is -2.42. The zero-order chi connectivity index (χ0) is 11.3. The maximum Gasteiger partial charge on any atom is 0.0366 e. The van der Waals surface area contributed by atoms with Crippen molar-refractivity contribution in [3.63, 3.8) is 0 Å². The molecule has 1 saturated heterocycles. The average molecular weight is 228 g/mol. The van der Waals surface area contributed by atoms with E-state index < -0.39 is 0 Å². The van der Waals surface area contributed by atoms with E-state index in [1.165, 1.54) is 50.0 Å². The van der Waals surface area contributed by atoms with Crippen LogP contribution in [0.25, 0.3) is 0 Å². The summed E-state index contributed by atoms with van der Waals surface area (Å²) in [6.07, 6.45) is 5.67. The first kappa shape index (κ1) is 9.95. The monoisotopic (exact) mass is 228 g/mol. The number of hydrogen-bond acceptors (Lipinski definition) is 2. The van der Waals surface area contributed by atoms with Crippen molar-refractivity contribution in [2.75, 3.05) is 18.0 Å². The van der Waals surface area contributed by atoms with Gasteiger partial charge in [0.15, 0.2) is 0 Å². The van der Waals surface area contributed by atoms with E-state index in [0.717, 1.165) is 18.0 Å². The number of hydrogen-bond donors (Lipinski definition) is 1. The van der Waals surface area contributed by atoms with E-state index in [1.807, 2.05) is 0 Å². The highest BCUT2D eigenvalue weighted by Gasteiger charge is 2.52. The molecule has 1 heterocycles. The predicted octanol–water partition coefficient (Wildman–Crippen LogP) is 2.54. The molecule has 1 aromatic rings. The molecular formula is C15H20N2. The molecule has 2 nitrogen and oxygen atoms in total. The minimum atomic E-state index is 0.756. The summed E-state index contributed by atoms with van der Waals surface area (Å²) in [5, 5.41) is 3.56. The van der Waals surface area contributed by atoms with Crippen LogP contribution in [0.15, 0.2) is 24.3 Å². The van der Waals surface area contributed by atoms with Gasteiger partial charge in [0.05, 0.1) is 0 Å². The summed E-state index contributed by atoms with van der Waals surface area (Å²) in [4.78, 5) is 2.52. The lowest BCUT2D eigenvalue weighted by atomic mass is 9.96. The standard InChI is InChI=1S/C15H20N2/c1-5-14(17-10-15(11-17)7-8-15)6-2-12(1)9-16-13-3-4-13/h1-2,5-6,13,16H,3-4,7-11H2. The number of anilines is 1. The Morgan fingerprint density at radius 3 is 2.41 bits per heavy atom. The van der Waals surface area contributed by atoms with Crippen molar-refractivity contribution < 1.29 is 0 Å². The van der Waals surface area contributed by atoms with Crippen molar-refractivity contribution in [3.8, 4) is 0 Å². The molecule has 0 amide bonds. The lowest BCUT2D eigenvalue weighted by Crippen LogP contribution is -2.48. The van der Waals surface area contributed by atoms with Crippen LogP contribution in [-0.2, 0) is 6.54 Å². The molecule has 0 atom stereocenters. The molecule has 0 aromatic heterocycles. The molecule has 1 aliphatic heterocycles. The molecule has 3 aliphatic rings. The van der Waals surface area contributed by atoms with Gasteiger partial charge in [0, 0.05) is 36.8 Å². The molecule has 0 bridgehead atoms. The van der Waals surface area contributed by atoms with Crippen LogP contribution in [0.1, 0.15) is 31.2 Å². The van der Waals surface area contributed by atoms with Crippen LogP contribution >= 0.6 is 0 Å². The molecule has 2 heteroatoms. The van der Waals surface area contributed by atoms with Gasteiger partial charge in [0.1, 0.15) is 0 Å². The number of benzene rings is 1. The zero-order valence-corrected chi connectivity index (χ0v) is 10.3. The third-order valence-electron chi connectivity index (χ3n) is 4.48. The molecule has 4 rings (SSSR count). The van der Waals surface area contributed by atoms with Crippen LogP contribution in [-0.4, -0.2) is 19.1 Å². The SMILES string of the molecule is c1cc(N2CC3(CC3)C2)ccc1CNC1CC1. The van der Waals surface area contributed by atoms with Crippen LogP contribution in [0.5, 0.6) is 0 Å². The van der Waals surface area contributed by atoms with E-state index in [-0.39, 0.29) is 0 Å². The fourth-order valence-corrected chi connectivity index (χ4v) is 2.81. The molecule has 0 unspecified atom stereocenters. The van der Waals surface area contributed by atoms with Gasteiger partial charge in [-0.3, -0.25) is 0 Å². The Balaban J connectivity index is 1.36. The molecule has 2 saturated carbocycles. The maximum absolute atomic E-state index is 3.56. The van der Waals surface area contributed by atoms with Crippen LogP contribution < -0.4 is 10.2 Å². The van der Waals surface area contributed by atoms with E-state index in [1.54, 1.807) is 0 Å². The van der Waals surface area contributed by atoms with Crippen LogP contribution in [0.4, 0.5) is 5.69 Å². The Morgan fingerprint density at radius 2 is 1.82 bits per heavy atom. The Hall–Kier alpha value is -1.02. The first-order valence-corrected chi connectivity index (χ1v) is 6.90.